The SMILES string of the molecule is N/C(=N/C(=O)Cn1c(-c2ccccc2)ccc1-c1ccccc1)NCCc1ccccc1. The molecule has 5 heteroatoms. The molecule has 1 heterocycles. The summed E-state index contributed by atoms with van der Waals surface area (Å²) in [6.45, 7) is 0.712. The molecule has 1 aromatic heterocycles. The lowest BCUT2D eigenvalue weighted by atomic mass is 10.1. The molecule has 0 atom stereocenters. The van der Waals surface area contributed by atoms with Gasteiger partial charge in [0.15, 0.2) is 5.96 Å². The highest BCUT2D eigenvalue weighted by Crippen LogP contribution is 2.29. The van der Waals surface area contributed by atoms with Crippen LogP contribution in [0.2, 0.25) is 0 Å². The molecule has 5 nitrogen and oxygen atoms in total. The molecule has 0 aliphatic rings. The van der Waals surface area contributed by atoms with Crippen molar-refractivity contribution in [3.8, 4) is 22.5 Å². The Morgan fingerprint density at radius 3 is 1.78 bits per heavy atom. The number of aliphatic imine (C=N–C) groups is 1. The smallest absolute Gasteiger partial charge is 0.268 e. The van der Waals surface area contributed by atoms with Gasteiger partial charge in [-0.3, -0.25) is 4.79 Å². The Bertz CT molecular complexity index is 1130. The number of hydrogen-bond donors (Lipinski definition) is 2. The van der Waals surface area contributed by atoms with Crippen LogP contribution in [0.4, 0.5) is 0 Å². The minimum Gasteiger partial charge on any atom is -0.370 e. The van der Waals surface area contributed by atoms with Crippen LogP contribution in [0.3, 0.4) is 0 Å². The molecule has 160 valence electrons. The van der Waals surface area contributed by atoms with Crippen LogP contribution in [0.15, 0.2) is 108 Å². The lowest BCUT2D eigenvalue weighted by molar-refractivity contribution is -0.118. The largest absolute Gasteiger partial charge is 0.370 e. The summed E-state index contributed by atoms with van der Waals surface area (Å²) in [6.07, 6.45) is 0.805. The van der Waals surface area contributed by atoms with E-state index in [-0.39, 0.29) is 18.4 Å². The molecule has 0 bridgehead atoms. The van der Waals surface area contributed by atoms with Crippen LogP contribution in [-0.2, 0) is 17.8 Å². The summed E-state index contributed by atoms with van der Waals surface area (Å²) in [7, 11) is 0. The molecule has 0 saturated heterocycles. The third kappa shape index (κ3) is 5.32. The lowest BCUT2D eigenvalue weighted by Gasteiger charge is -2.13. The van der Waals surface area contributed by atoms with Crippen molar-refractivity contribution in [1.29, 1.82) is 0 Å². The number of carbonyl (C=O) groups excluding carboxylic acids is 1. The highest BCUT2D eigenvalue weighted by Gasteiger charge is 2.14. The van der Waals surface area contributed by atoms with E-state index >= 15 is 0 Å². The van der Waals surface area contributed by atoms with Crippen molar-refractivity contribution in [2.45, 2.75) is 13.0 Å². The summed E-state index contributed by atoms with van der Waals surface area (Å²) in [5.74, 6) is -0.166. The molecule has 4 aromatic rings. The number of nitrogens with one attached hydrogen (secondary N) is 1. The maximum absolute atomic E-state index is 12.8. The number of carbonyl (C=O) groups is 1. The zero-order chi connectivity index (χ0) is 22.2. The van der Waals surface area contributed by atoms with Crippen molar-refractivity contribution >= 4 is 11.9 Å². The third-order valence-corrected chi connectivity index (χ3v) is 5.22. The minimum absolute atomic E-state index is 0.0997. The summed E-state index contributed by atoms with van der Waals surface area (Å²) in [5, 5.41) is 3.03. The highest BCUT2D eigenvalue weighted by atomic mass is 16.1. The Balaban J connectivity index is 1.51. The van der Waals surface area contributed by atoms with E-state index in [4.69, 9.17) is 5.73 Å². The van der Waals surface area contributed by atoms with Crippen molar-refractivity contribution < 1.29 is 4.79 Å². The van der Waals surface area contributed by atoms with Crippen molar-refractivity contribution in [2.24, 2.45) is 10.7 Å². The predicted octanol–water partition coefficient (Wildman–Crippen LogP) is 4.50. The lowest BCUT2D eigenvalue weighted by Crippen LogP contribution is -2.34. The maximum atomic E-state index is 12.8. The first-order valence-corrected chi connectivity index (χ1v) is 10.7. The Morgan fingerprint density at radius 1 is 0.750 bits per heavy atom. The molecule has 32 heavy (non-hydrogen) atoms. The summed E-state index contributed by atoms with van der Waals surface area (Å²) in [4.78, 5) is 16.9. The quantitative estimate of drug-likeness (QED) is 0.340. The fourth-order valence-electron chi connectivity index (χ4n) is 3.68. The van der Waals surface area contributed by atoms with Crippen LogP contribution >= 0.6 is 0 Å². The van der Waals surface area contributed by atoms with Gasteiger partial charge in [-0.05, 0) is 35.2 Å². The van der Waals surface area contributed by atoms with Gasteiger partial charge in [0.05, 0.1) is 0 Å². The summed E-state index contributed by atoms with van der Waals surface area (Å²) in [5.41, 5.74) is 11.2. The van der Waals surface area contributed by atoms with E-state index in [2.05, 4.69) is 22.4 Å². The summed E-state index contributed by atoms with van der Waals surface area (Å²) >= 11 is 0. The van der Waals surface area contributed by atoms with E-state index in [1.807, 2.05) is 95.6 Å². The maximum Gasteiger partial charge on any atom is 0.268 e. The van der Waals surface area contributed by atoms with Crippen molar-refractivity contribution in [2.75, 3.05) is 6.54 Å². The van der Waals surface area contributed by atoms with Gasteiger partial charge in [0.25, 0.3) is 5.91 Å². The average molecular weight is 423 g/mol. The van der Waals surface area contributed by atoms with Gasteiger partial charge < -0.3 is 15.6 Å². The van der Waals surface area contributed by atoms with Gasteiger partial charge in [-0.15, -0.1) is 0 Å². The highest BCUT2D eigenvalue weighted by molar-refractivity contribution is 5.92. The summed E-state index contributed by atoms with van der Waals surface area (Å²) in [6, 6.07) is 34.2. The first-order valence-electron chi connectivity index (χ1n) is 10.7. The van der Waals surface area contributed by atoms with E-state index in [0.29, 0.717) is 6.54 Å². The number of hydrogen-bond acceptors (Lipinski definition) is 1. The zero-order valence-electron chi connectivity index (χ0n) is 17.8. The monoisotopic (exact) mass is 422 g/mol. The van der Waals surface area contributed by atoms with Crippen molar-refractivity contribution in [3.05, 3.63) is 109 Å². The molecule has 4 rings (SSSR count). The molecule has 0 aliphatic carbocycles. The van der Waals surface area contributed by atoms with E-state index in [0.717, 1.165) is 28.9 Å². The van der Waals surface area contributed by atoms with Gasteiger partial charge >= 0.3 is 0 Å². The van der Waals surface area contributed by atoms with E-state index in [9.17, 15) is 4.79 Å². The molecule has 0 aliphatic heterocycles. The normalized spacial score (nSPS) is 11.3. The Kier molecular flexibility index (Phi) is 6.78. The zero-order valence-corrected chi connectivity index (χ0v) is 17.8. The number of nitrogens with zero attached hydrogens (tertiary/aromatic N) is 2. The second-order valence-electron chi connectivity index (χ2n) is 7.48. The Hall–Kier alpha value is -4.12. The molecule has 1 amide bonds. The van der Waals surface area contributed by atoms with Crippen LogP contribution in [-0.4, -0.2) is 23.0 Å². The number of nitrogens with two attached hydrogens (primary N) is 1. The number of amides is 1. The first-order chi connectivity index (χ1) is 15.7. The van der Waals surface area contributed by atoms with Crippen LogP contribution in [0.5, 0.6) is 0 Å². The third-order valence-electron chi connectivity index (χ3n) is 5.22. The van der Waals surface area contributed by atoms with Crippen molar-refractivity contribution in [1.82, 2.24) is 9.88 Å². The molecule has 0 saturated carbocycles. The number of rotatable bonds is 7. The average Bonchev–Trinajstić information content (AvgIpc) is 3.24. The van der Waals surface area contributed by atoms with E-state index < -0.39 is 0 Å². The van der Waals surface area contributed by atoms with Crippen LogP contribution in [0.25, 0.3) is 22.5 Å². The van der Waals surface area contributed by atoms with Gasteiger partial charge in [-0.25, -0.2) is 0 Å². The van der Waals surface area contributed by atoms with Gasteiger partial charge in [-0.2, -0.15) is 4.99 Å². The van der Waals surface area contributed by atoms with Crippen LogP contribution in [0, 0.1) is 0 Å². The van der Waals surface area contributed by atoms with Gasteiger partial charge in [-0.1, -0.05) is 91.0 Å². The standard InChI is InChI=1S/C27H26N4O/c28-27(29-19-18-21-10-4-1-5-11-21)30-26(32)20-31-24(22-12-6-2-7-13-22)16-17-25(31)23-14-8-3-9-15-23/h1-17H,18-20H2,(H3,28,29,30,32). The first kappa shape index (κ1) is 21.1. The molecule has 0 spiro atoms. The molecule has 3 N–H and O–H groups in total. The van der Waals surface area contributed by atoms with Crippen LogP contribution < -0.4 is 11.1 Å². The second kappa shape index (κ2) is 10.3. The van der Waals surface area contributed by atoms with Gasteiger partial charge in [0.1, 0.15) is 6.54 Å². The van der Waals surface area contributed by atoms with E-state index in [1.165, 1.54) is 5.56 Å². The molecule has 0 fully saturated rings. The van der Waals surface area contributed by atoms with Crippen molar-refractivity contribution in [3.63, 3.8) is 0 Å². The Labute approximate surface area is 188 Å². The molecule has 0 unspecified atom stereocenters. The van der Waals surface area contributed by atoms with Crippen LogP contribution in [0.1, 0.15) is 5.56 Å². The summed E-state index contributed by atoms with van der Waals surface area (Å²) < 4.78 is 1.99. The topological polar surface area (TPSA) is 72.4 Å². The fourth-order valence-corrected chi connectivity index (χ4v) is 3.68. The van der Waals surface area contributed by atoms with Gasteiger partial charge in [0, 0.05) is 17.9 Å². The molecular formula is C27H26N4O. The second-order valence-corrected chi connectivity index (χ2v) is 7.48. The van der Waals surface area contributed by atoms with E-state index in [1.54, 1.807) is 0 Å². The Morgan fingerprint density at radius 2 is 1.25 bits per heavy atom. The number of guanidine groups is 1. The molecule has 3 aromatic carbocycles. The number of aromatic nitrogens is 1. The molecular weight excluding hydrogens is 396 g/mol. The predicted molar refractivity (Wildman–Crippen MR) is 130 cm³/mol. The fraction of sp³-hybridized carbons (Fsp3) is 0.111. The molecule has 0 radical (unpaired) electrons. The minimum atomic E-state index is -0.305. The van der Waals surface area contributed by atoms with Gasteiger partial charge in [0.2, 0.25) is 0 Å². The number of benzene rings is 3.